The average molecular weight is 472 g/mol. The molecule has 2 aromatic heterocycles. The summed E-state index contributed by atoms with van der Waals surface area (Å²) in [5.74, 6) is 1.68. The number of aromatic nitrogens is 4. The van der Waals surface area contributed by atoms with E-state index in [1.165, 1.54) is 0 Å². The number of benzene rings is 1. The standard InChI is InChI=1S/C27H33N7O/c1-4-26(3)16-27(26,17-28)21-6-5-20-13-31-34(23(20)11-21)25-12-24(29-18-30-25)32-8-9-33(19(2)14-32)22-7-10-35-15-22/h5-6,11-13,18-19,22H,4,7-10,14-16H2,1-3H3/t19-,22+,26?,27+/m0/s1. The van der Waals surface area contributed by atoms with Gasteiger partial charge >= 0.3 is 0 Å². The molecule has 3 aromatic rings. The Labute approximate surface area is 206 Å². The van der Waals surface area contributed by atoms with E-state index in [4.69, 9.17) is 4.74 Å². The number of hydrogen-bond acceptors (Lipinski definition) is 7. The van der Waals surface area contributed by atoms with Crippen LogP contribution in [0.2, 0.25) is 0 Å². The van der Waals surface area contributed by atoms with Crippen molar-refractivity contribution in [1.29, 1.82) is 5.26 Å². The Bertz CT molecular complexity index is 1290. The van der Waals surface area contributed by atoms with Crippen molar-refractivity contribution in [2.45, 2.75) is 57.5 Å². The van der Waals surface area contributed by atoms with Crippen LogP contribution in [-0.2, 0) is 10.2 Å². The van der Waals surface area contributed by atoms with Gasteiger partial charge in [-0.2, -0.15) is 10.4 Å². The molecule has 0 N–H and O–H groups in total. The predicted octanol–water partition coefficient (Wildman–Crippen LogP) is 3.70. The highest BCUT2D eigenvalue weighted by atomic mass is 16.5. The normalized spacial score (nSPS) is 31.1. The molecule has 4 heterocycles. The van der Waals surface area contributed by atoms with Crippen LogP contribution in [0.15, 0.2) is 36.8 Å². The molecule has 35 heavy (non-hydrogen) atoms. The molecule has 0 spiro atoms. The van der Waals surface area contributed by atoms with Crippen LogP contribution >= 0.6 is 0 Å². The zero-order valence-electron chi connectivity index (χ0n) is 20.8. The topological polar surface area (TPSA) is 83.1 Å². The molecule has 0 radical (unpaired) electrons. The fourth-order valence-corrected chi connectivity index (χ4v) is 6.26. The summed E-state index contributed by atoms with van der Waals surface area (Å²) in [7, 11) is 0. The molecule has 1 aromatic carbocycles. The van der Waals surface area contributed by atoms with Crippen LogP contribution in [0.25, 0.3) is 16.7 Å². The Hall–Kier alpha value is -3.02. The molecular formula is C27H33N7O. The minimum atomic E-state index is -0.415. The zero-order chi connectivity index (χ0) is 24.2. The van der Waals surface area contributed by atoms with Crippen molar-refractivity contribution in [3.8, 4) is 11.9 Å². The third kappa shape index (κ3) is 3.52. The van der Waals surface area contributed by atoms with E-state index in [1.807, 2.05) is 16.9 Å². The molecule has 182 valence electrons. The second kappa shape index (κ2) is 8.28. The maximum Gasteiger partial charge on any atom is 0.159 e. The number of fused-ring (bicyclic) bond motifs is 1. The molecule has 8 nitrogen and oxygen atoms in total. The lowest BCUT2D eigenvalue weighted by molar-refractivity contribution is 0.105. The summed E-state index contributed by atoms with van der Waals surface area (Å²) < 4.78 is 7.50. The van der Waals surface area contributed by atoms with Crippen LogP contribution in [0.4, 0.5) is 5.82 Å². The summed E-state index contributed by atoms with van der Waals surface area (Å²) in [4.78, 5) is 14.1. The Morgan fingerprint density at radius 3 is 2.77 bits per heavy atom. The molecular weight excluding hydrogens is 438 g/mol. The van der Waals surface area contributed by atoms with Gasteiger partial charge in [-0.1, -0.05) is 26.0 Å². The van der Waals surface area contributed by atoms with Gasteiger partial charge in [-0.3, -0.25) is 4.90 Å². The molecule has 1 saturated carbocycles. The first kappa shape index (κ1) is 22.4. The van der Waals surface area contributed by atoms with E-state index in [2.05, 4.69) is 69.9 Å². The van der Waals surface area contributed by atoms with E-state index in [0.717, 1.165) is 80.2 Å². The van der Waals surface area contributed by atoms with E-state index in [0.29, 0.717) is 12.1 Å². The maximum atomic E-state index is 10.1. The molecule has 0 amide bonds. The summed E-state index contributed by atoms with van der Waals surface area (Å²) in [6, 6.07) is 12.0. The smallest absolute Gasteiger partial charge is 0.159 e. The first-order valence-electron chi connectivity index (χ1n) is 12.8. The van der Waals surface area contributed by atoms with E-state index < -0.39 is 5.41 Å². The first-order chi connectivity index (χ1) is 17.0. The Balaban J connectivity index is 1.28. The number of ether oxygens (including phenoxy) is 1. The number of nitrogens with zero attached hydrogens (tertiary/aromatic N) is 7. The van der Waals surface area contributed by atoms with Gasteiger partial charge in [0.1, 0.15) is 12.1 Å². The predicted molar refractivity (Wildman–Crippen MR) is 135 cm³/mol. The van der Waals surface area contributed by atoms with Crippen LogP contribution in [0, 0.1) is 16.7 Å². The van der Waals surface area contributed by atoms with Crippen LogP contribution in [0.1, 0.15) is 45.6 Å². The maximum absolute atomic E-state index is 10.1. The molecule has 2 aliphatic heterocycles. The molecule has 3 aliphatic rings. The van der Waals surface area contributed by atoms with Gasteiger partial charge in [0.15, 0.2) is 5.82 Å². The first-order valence-corrected chi connectivity index (χ1v) is 12.8. The minimum absolute atomic E-state index is 0.0336. The third-order valence-corrected chi connectivity index (χ3v) is 8.83. The van der Waals surface area contributed by atoms with Gasteiger partial charge in [0.25, 0.3) is 0 Å². The molecule has 1 unspecified atom stereocenters. The number of rotatable bonds is 5. The Morgan fingerprint density at radius 2 is 2.06 bits per heavy atom. The van der Waals surface area contributed by atoms with Crippen LogP contribution in [0.5, 0.6) is 0 Å². The van der Waals surface area contributed by atoms with Crippen molar-refractivity contribution in [3.05, 3.63) is 42.4 Å². The average Bonchev–Trinajstić information content (AvgIpc) is 3.25. The molecule has 3 fully saturated rings. The highest BCUT2D eigenvalue weighted by Crippen LogP contribution is 2.66. The fraction of sp³-hybridized carbons (Fsp3) is 0.556. The fourth-order valence-electron chi connectivity index (χ4n) is 6.26. The second-order valence-electron chi connectivity index (χ2n) is 10.7. The molecule has 2 saturated heterocycles. The van der Waals surface area contributed by atoms with Crippen molar-refractivity contribution < 1.29 is 4.74 Å². The monoisotopic (exact) mass is 471 g/mol. The van der Waals surface area contributed by atoms with Crippen LogP contribution < -0.4 is 4.90 Å². The lowest BCUT2D eigenvalue weighted by atomic mass is 9.86. The summed E-state index contributed by atoms with van der Waals surface area (Å²) in [6.45, 7) is 11.3. The number of hydrogen-bond donors (Lipinski definition) is 0. The van der Waals surface area contributed by atoms with Crippen molar-refractivity contribution in [3.63, 3.8) is 0 Å². The van der Waals surface area contributed by atoms with Crippen molar-refractivity contribution in [2.24, 2.45) is 5.41 Å². The number of nitriles is 1. The Kier molecular flexibility index (Phi) is 5.31. The van der Waals surface area contributed by atoms with E-state index >= 15 is 0 Å². The van der Waals surface area contributed by atoms with Gasteiger partial charge in [-0.25, -0.2) is 14.6 Å². The van der Waals surface area contributed by atoms with E-state index in [1.54, 1.807) is 6.33 Å². The quantitative estimate of drug-likeness (QED) is 0.561. The summed E-state index contributed by atoms with van der Waals surface area (Å²) in [5, 5.41) is 15.8. The molecule has 8 heteroatoms. The second-order valence-corrected chi connectivity index (χ2v) is 10.7. The largest absolute Gasteiger partial charge is 0.380 e. The minimum Gasteiger partial charge on any atom is -0.380 e. The lowest BCUT2D eigenvalue weighted by Crippen LogP contribution is -2.55. The van der Waals surface area contributed by atoms with Gasteiger partial charge in [0.2, 0.25) is 0 Å². The van der Waals surface area contributed by atoms with Crippen molar-refractivity contribution in [1.82, 2.24) is 24.6 Å². The van der Waals surface area contributed by atoms with Crippen molar-refractivity contribution in [2.75, 3.05) is 37.7 Å². The number of piperazine rings is 1. The summed E-state index contributed by atoms with van der Waals surface area (Å²) in [6.07, 6.45) is 6.53. The molecule has 1 aliphatic carbocycles. The SMILES string of the molecule is CCC1(C)C[C@@]1(C#N)c1ccc2cnn(-c3cc(N4CCN([C@@H]5CCOC5)[C@@H](C)C4)ncn3)c2c1. The highest BCUT2D eigenvalue weighted by Gasteiger charge is 2.64. The zero-order valence-corrected chi connectivity index (χ0v) is 20.8. The van der Waals surface area contributed by atoms with Crippen LogP contribution in [0.3, 0.4) is 0 Å². The highest BCUT2D eigenvalue weighted by molar-refractivity contribution is 5.81. The van der Waals surface area contributed by atoms with Gasteiger partial charge in [-0.15, -0.1) is 0 Å². The molecule has 4 atom stereocenters. The van der Waals surface area contributed by atoms with Gasteiger partial charge in [0, 0.05) is 49.8 Å². The van der Waals surface area contributed by atoms with Gasteiger partial charge < -0.3 is 9.64 Å². The van der Waals surface area contributed by atoms with E-state index in [9.17, 15) is 5.26 Å². The van der Waals surface area contributed by atoms with E-state index in [-0.39, 0.29) is 5.41 Å². The Morgan fingerprint density at radius 1 is 1.20 bits per heavy atom. The summed E-state index contributed by atoms with van der Waals surface area (Å²) >= 11 is 0. The lowest BCUT2D eigenvalue weighted by Gasteiger charge is -2.43. The molecule has 0 bridgehead atoms. The third-order valence-electron chi connectivity index (χ3n) is 8.83. The van der Waals surface area contributed by atoms with Crippen LogP contribution in [-0.4, -0.2) is 69.6 Å². The van der Waals surface area contributed by atoms with Gasteiger partial charge in [0.05, 0.1) is 29.8 Å². The van der Waals surface area contributed by atoms with Gasteiger partial charge in [-0.05, 0) is 43.2 Å². The summed E-state index contributed by atoms with van der Waals surface area (Å²) in [5.41, 5.74) is 1.67. The molecule has 6 rings (SSSR count). The van der Waals surface area contributed by atoms with Crippen molar-refractivity contribution >= 4 is 16.7 Å². The number of anilines is 1.